The zero-order valence-electron chi connectivity index (χ0n) is 20.1. The second-order valence-electron chi connectivity index (χ2n) is 9.06. The Morgan fingerprint density at radius 3 is 2.63 bits per heavy atom. The second kappa shape index (κ2) is 10.3. The summed E-state index contributed by atoms with van der Waals surface area (Å²) in [6.07, 6.45) is -0.239. The highest BCUT2D eigenvalue weighted by molar-refractivity contribution is 6.01. The monoisotopic (exact) mass is 474 g/mol. The molecule has 1 aliphatic rings. The molecule has 3 aromatic rings. The van der Waals surface area contributed by atoms with E-state index >= 15 is 0 Å². The lowest BCUT2D eigenvalue weighted by Crippen LogP contribution is -2.42. The molecular formula is C27H30N4O4. The summed E-state index contributed by atoms with van der Waals surface area (Å²) in [4.78, 5) is 14.7. The zero-order chi connectivity index (χ0) is 25.1. The van der Waals surface area contributed by atoms with Gasteiger partial charge in [0.25, 0.3) is 5.91 Å². The molecule has 4 rings (SSSR count). The third-order valence-electron chi connectivity index (χ3n) is 6.30. The van der Waals surface area contributed by atoms with E-state index in [1.807, 2.05) is 43.9 Å². The molecule has 1 aliphatic heterocycles. The Bertz CT molecular complexity index is 1290. The number of benzene rings is 2. The van der Waals surface area contributed by atoms with Crippen LogP contribution in [0, 0.1) is 11.3 Å². The first-order valence-electron chi connectivity index (χ1n) is 11.5. The van der Waals surface area contributed by atoms with E-state index in [4.69, 9.17) is 4.74 Å². The highest BCUT2D eigenvalue weighted by Crippen LogP contribution is 2.28. The van der Waals surface area contributed by atoms with Crippen molar-refractivity contribution < 1.29 is 19.7 Å². The number of amides is 1. The van der Waals surface area contributed by atoms with Crippen LogP contribution in [0.15, 0.2) is 54.1 Å². The molecule has 1 fully saturated rings. The topological polar surface area (TPSA) is 111 Å². The smallest absolute Gasteiger partial charge is 0.262 e. The number of nitrogens with one attached hydrogen (secondary N) is 1. The van der Waals surface area contributed by atoms with Crippen molar-refractivity contribution in [3.05, 3.63) is 59.8 Å². The minimum Gasteiger partial charge on any atom is -0.393 e. The molecule has 2 heterocycles. The quantitative estimate of drug-likeness (QED) is 0.374. The number of aliphatic hydroxyl groups excluding tert-OH is 2. The summed E-state index contributed by atoms with van der Waals surface area (Å²) in [5.74, 6) is -0.532. The number of anilines is 1. The summed E-state index contributed by atoms with van der Waals surface area (Å²) in [6, 6.07) is 18.4. The maximum Gasteiger partial charge on any atom is 0.262 e. The molecule has 3 atom stereocenters. The van der Waals surface area contributed by atoms with Gasteiger partial charge in [-0.15, -0.1) is 0 Å². The molecule has 0 bridgehead atoms. The molecule has 3 unspecified atom stereocenters. The highest BCUT2D eigenvalue weighted by Gasteiger charge is 2.27. The number of hydrogen-bond donors (Lipinski definition) is 3. The molecule has 1 saturated heterocycles. The van der Waals surface area contributed by atoms with E-state index in [0.717, 1.165) is 33.4 Å². The molecule has 2 aromatic carbocycles. The van der Waals surface area contributed by atoms with Crippen LogP contribution >= 0.6 is 0 Å². The van der Waals surface area contributed by atoms with Crippen molar-refractivity contribution in [2.75, 3.05) is 25.5 Å². The van der Waals surface area contributed by atoms with E-state index in [9.17, 15) is 20.3 Å². The van der Waals surface area contributed by atoms with E-state index in [1.165, 1.54) is 0 Å². The SMILES string of the molecule is CN(C)c1ccc2cc(-c3ccc(/C=C(\C#N)C(=O)NCC4CC(O)CC(O)O4)n3C)ccc2c1. The molecule has 0 saturated carbocycles. The van der Waals surface area contributed by atoms with Gasteiger partial charge in [-0.2, -0.15) is 5.26 Å². The molecule has 35 heavy (non-hydrogen) atoms. The Balaban J connectivity index is 1.51. The largest absolute Gasteiger partial charge is 0.393 e. The van der Waals surface area contributed by atoms with Crippen molar-refractivity contribution in [3.8, 4) is 17.3 Å². The van der Waals surface area contributed by atoms with Crippen LogP contribution in [0.25, 0.3) is 28.1 Å². The second-order valence-corrected chi connectivity index (χ2v) is 9.06. The number of fused-ring (bicyclic) bond motifs is 1. The van der Waals surface area contributed by atoms with Crippen LogP contribution < -0.4 is 10.2 Å². The lowest BCUT2D eigenvalue weighted by atomic mass is 10.0. The van der Waals surface area contributed by atoms with E-state index in [0.29, 0.717) is 6.42 Å². The molecule has 8 heteroatoms. The summed E-state index contributed by atoms with van der Waals surface area (Å²) >= 11 is 0. The summed E-state index contributed by atoms with van der Waals surface area (Å²) in [7, 11) is 5.93. The molecule has 0 aliphatic carbocycles. The van der Waals surface area contributed by atoms with Gasteiger partial charge in [-0.3, -0.25) is 4.79 Å². The van der Waals surface area contributed by atoms with Crippen LogP contribution in [-0.2, 0) is 16.6 Å². The highest BCUT2D eigenvalue weighted by atomic mass is 16.6. The number of rotatable bonds is 6. The van der Waals surface area contributed by atoms with Gasteiger partial charge in [-0.1, -0.05) is 18.2 Å². The van der Waals surface area contributed by atoms with Crippen molar-refractivity contribution >= 4 is 28.4 Å². The van der Waals surface area contributed by atoms with Gasteiger partial charge in [-0.25, -0.2) is 0 Å². The number of nitriles is 1. The fourth-order valence-corrected chi connectivity index (χ4v) is 4.33. The van der Waals surface area contributed by atoms with Gasteiger partial charge in [0.15, 0.2) is 6.29 Å². The van der Waals surface area contributed by atoms with Crippen molar-refractivity contribution in [2.24, 2.45) is 7.05 Å². The number of aliphatic hydroxyl groups is 2. The van der Waals surface area contributed by atoms with Gasteiger partial charge >= 0.3 is 0 Å². The third kappa shape index (κ3) is 5.54. The molecule has 8 nitrogen and oxygen atoms in total. The Hall–Kier alpha value is -3.64. The van der Waals surface area contributed by atoms with Gasteiger partial charge in [0.05, 0.1) is 12.2 Å². The summed E-state index contributed by atoms with van der Waals surface area (Å²) in [5, 5.41) is 33.9. The predicted octanol–water partition coefficient (Wildman–Crippen LogP) is 2.79. The number of hydrogen-bond acceptors (Lipinski definition) is 6. The van der Waals surface area contributed by atoms with Crippen LogP contribution in [0.2, 0.25) is 0 Å². The van der Waals surface area contributed by atoms with E-state index in [1.54, 1.807) is 6.08 Å². The average Bonchev–Trinajstić information content (AvgIpc) is 3.19. The minimum absolute atomic E-state index is 0.0376. The normalized spacial score (nSPS) is 20.5. The fraction of sp³-hybridized carbons (Fsp3) is 0.333. The lowest BCUT2D eigenvalue weighted by molar-refractivity contribution is -0.187. The first-order chi connectivity index (χ1) is 16.7. The Morgan fingerprint density at radius 2 is 1.91 bits per heavy atom. The zero-order valence-corrected chi connectivity index (χ0v) is 20.1. The number of carbonyl (C=O) groups excluding carboxylic acids is 1. The van der Waals surface area contributed by atoms with E-state index in [-0.39, 0.29) is 18.5 Å². The molecule has 1 amide bonds. The average molecular weight is 475 g/mol. The van der Waals surface area contributed by atoms with Crippen molar-refractivity contribution in [1.82, 2.24) is 9.88 Å². The number of nitrogens with zero attached hydrogens (tertiary/aromatic N) is 3. The van der Waals surface area contributed by atoms with Crippen molar-refractivity contribution in [3.63, 3.8) is 0 Å². The van der Waals surface area contributed by atoms with E-state index < -0.39 is 24.4 Å². The van der Waals surface area contributed by atoms with Crippen molar-refractivity contribution in [2.45, 2.75) is 31.3 Å². The van der Waals surface area contributed by atoms with Gasteiger partial charge in [0.2, 0.25) is 0 Å². The molecule has 182 valence electrons. The molecular weight excluding hydrogens is 444 g/mol. The first kappa shape index (κ1) is 24.5. The van der Waals surface area contributed by atoms with Crippen LogP contribution in [0.5, 0.6) is 0 Å². The van der Waals surface area contributed by atoms with Gasteiger partial charge < -0.3 is 29.7 Å². The number of aromatic nitrogens is 1. The molecule has 3 N–H and O–H groups in total. The predicted molar refractivity (Wildman–Crippen MR) is 135 cm³/mol. The standard InChI is InChI=1S/C27H30N4O4/c1-30(2)21-7-6-17-10-19(5-4-18(17)11-21)25-9-8-22(31(25)3)12-20(15-28)27(34)29-16-24-13-23(32)14-26(33)35-24/h4-12,23-24,26,32-33H,13-14,16H2,1-3H3,(H,29,34)/b20-12+. The fourth-order valence-electron chi connectivity index (χ4n) is 4.33. The molecule has 0 spiro atoms. The Kier molecular flexibility index (Phi) is 7.22. The molecule has 1 aromatic heterocycles. The summed E-state index contributed by atoms with van der Waals surface area (Å²) in [6.45, 7) is 0.0942. The van der Waals surface area contributed by atoms with Crippen LogP contribution in [0.1, 0.15) is 18.5 Å². The Morgan fingerprint density at radius 1 is 1.17 bits per heavy atom. The van der Waals surface area contributed by atoms with Crippen molar-refractivity contribution in [1.29, 1.82) is 5.26 Å². The molecule has 0 radical (unpaired) electrons. The van der Waals surface area contributed by atoms with Gasteiger partial charge in [0.1, 0.15) is 11.6 Å². The summed E-state index contributed by atoms with van der Waals surface area (Å²) < 4.78 is 7.27. The summed E-state index contributed by atoms with van der Waals surface area (Å²) in [5.41, 5.74) is 3.82. The first-order valence-corrected chi connectivity index (χ1v) is 11.5. The third-order valence-corrected chi connectivity index (χ3v) is 6.30. The maximum absolute atomic E-state index is 12.6. The van der Waals surface area contributed by atoms with Gasteiger partial charge in [0, 0.05) is 57.6 Å². The van der Waals surface area contributed by atoms with E-state index in [2.05, 4.69) is 46.6 Å². The lowest BCUT2D eigenvalue weighted by Gasteiger charge is -2.30. The van der Waals surface area contributed by atoms with Crippen LogP contribution in [0.3, 0.4) is 0 Å². The van der Waals surface area contributed by atoms with Gasteiger partial charge in [-0.05, 0) is 52.7 Å². The minimum atomic E-state index is -1.06. The Labute approximate surface area is 204 Å². The maximum atomic E-state index is 12.6. The van der Waals surface area contributed by atoms with Crippen LogP contribution in [0.4, 0.5) is 5.69 Å². The number of carbonyl (C=O) groups is 1. The van der Waals surface area contributed by atoms with Crippen LogP contribution in [-0.4, -0.2) is 59.8 Å². The number of ether oxygens (including phenoxy) is 1.